The van der Waals surface area contributed by atoms with Gasteiger partial charge in [0, 0.05) is 37.0 Å². The number of amides is 2. The van der Waals surface area contributed by atoms with E-state index < -0.39 is 10.0 Å². The van der Waals surface area contributed by atoms with E-state index in [2.05, 4.69) is 5.32 Å². The topological polar surface area (TPSA) is 86.8 Å². The highest BCUT2D eigenvalue weighted by atomic mass is 32.2. The molecule has 1 N–H and O–H groups in total. The summed E-state index contributed by atoms with van der Waals surface area (Å²) in [6.07, 6.45) is 1.76. The number of nitrogens with one attached hydrogen (secondary N) is 1. The molecule has 172 valence electrons. The lowest BCUT2D eigenvalue weighted by Gasteiger charge is -2.34. The summed E-state index contributed by atoms with van der Waals surface area (Å²) >= 11 is 1.26. The summed E-state index contributed by atoms with van der Waals surface area (Å²) < 4.78 is 27.6. The van der Waals surface area contributed by atoms with Gasteiger partial charge in [0.25, 0.3) is 15.9 Å². The molecule has 5 rings (SSSR count). The molecule has 2 fully saturated rings. The van der Waals surface area contributed by atoms with Crippen molar-refractivity contribution >= 4 is 49.6 Å². The van der Waals surface area contributed by atoms with Gasteiger partial charge in [-0.1, -0.05) is 24.3 Å². The van der Waals surface area contributed by atoms with Crippen LogP contribution in [0.2, 0.25) is 0 Å². The zero-order valence-corrected chi connectivity index (χ0v) is 19.9. The lowest BCUT2D eigenvalue weighted by molar-refractivity contribution is -0.117. The minimum atomic E-state index is -3.55. The summed E-state index contributed by atoms with van der Waals surface area (Å²) in [7, 11) is -3.55. The number of anilines is 1. The number of hydrogen-bond acceptors (Lipinski definition) is 5. The fraction of sp³-hybridized carbons (Fsp3) is 0.333. The lowest BCUT2D eigenvalue weighted by Crippen LogP contribution is -2.50. The van der Waals surface area contributed by atoms with E-state index in [4.69, 9.17) is 0 Å². The number of nitrogens with zero attached hydrogens (tertiary/aromatic N) is 2. The fourth-order valence-electron chi connectivity index (χ4n) is 4.08. The normalized spacial score (nSPS) is 17.3. The van der Waals surface area contributed by atoms with Crippen molar-refractivity contribution in [3.05, 3.63) is 59.0 Å². The van der Waals surface area contributed by atoms with Crippen molar-refractivity contribution in [3.63, 3.8) is 0 Å². The Bertz CT molecular complexity index is 1340. The first-order valence-electron chi connectivity index (χ1n) is 11.0. The van der Waals surface area contributed by atoms with Crippen LogP contribution in [0.1, 0.15) is 28.1 Å². The maximum atomic E-state index is 13.5. The molecule has 0 unspecified atom stereocenters. The van der Waals surface area contributed by atoms with Crippen LogP contribution < -0.4 is 5.32 Å². The fourth-order valence-corrected chi connectivity index (χ4v) is 6.94. The van der Waals surface area contributed by atoms with Crippen molar-refractivity contribution in [1.29, 1.82) is 0 Å². The summed E-state index contributed by atoms with van der Waals surface area (Å²) in [4.78, 5) is 28.5. The summed E-state index contributed by atoms with van der Waals surface area (Å²) in [6, 6.07) is 14.8. The number of piperazine rings is 1. The Labute approximate surface area is 197 Å². The Morgan fingerprint density at radius 3 is 2.24 bits per heavy atom. The first-order chi connectivity index (χ1) is 15.8. The minimum Gasteiger partial charge on any atom is -0.336 e. The lowest BCUT2D eigenvalue weighted by atomic mass is 10.0. The van der Waals surface area contributed by atoms with Gasteiger partial charge >= 0.3 is 0 Å². The first-order valence-corrected chi connectivity index (χ1v) is 13.3. The van der Waals surface area contributed by atoms with Gasteiger partial charge in [-0.2, -0.15) is 4.31 Å². The number of carbonyl (C=O) groups is 2. The number of benzene rings is 2. The maximum absolute atomic E-state index is 13.5. The van der Waals surface area contributed by atoms with E-state index in [-0.39, 0.29) is 30.8 Å². The van der Waals surface area contributed by atoms with Crippen molar-refractivity contribution in [2.24, 2.45) is 5.92 Å². The number of rotatable bonds is 5. The van der Waals surface area contributed by atoms with Crippen LogP contribution in [-0.4, -0.2) is 55.6 Å². The van der Waals surface area contributed by atoms with Crippen LogP contribution in [0, 0.1) is 12.8 Å². The average molecular weight is 484 g/mol. The Kier molecular flexibility index (Phi) is 5.72. The number of carbonyl (C=O) groups excluding carboxylic acids is 2. The van der Waals surface area contributed by atoms with Crippen molar-refractivity contribution in [3.8, 4) is 0 Å². The molecule has 1 aliphatic carbocycles. The van der Waals surface area contributed by atoms with Gasteiger partial charge in [-0.25, -0.2) is 8.42 Å². The van der Waals surface area contributed by atoms with Crippen LogP contribution >= 0.6 is 11.3 Å². The molecule has 2 aromatic carbocycles. The van der Waals surface area contributed by atoms with Crippen molar-refractivity contribution in [2.45, 2.75) is 24.0 Å². The van der Waals surface area contributed by atoms with Crippen LogP contribution in [0.3, 0.4) is 0 Å². The summed E-state index contributed by atoms with van der Waals surface area (Å²) in [6.45, 7) is 2.95. The van der Waals surface area contributed by atoms with Gasteiger partial charge in [0.2, 0.25) is 5.91 Å². The number of hydrogen-bond donors (Lipinski definition) is 1. The molecule has 0 spiro atoms. The summed E-state index contributed by atoms with van der Waals surface area (Å²) in [5, 5.41) is 4.81. The minimum absolute atomic E-state index is 0.0223. The Morgan fingerprint density at radius 1 is 0.970 bits per heavy atom. The van der Waals surface area contributed by atoms with E-state index in [0.717, 1.165) is 28.5 Å². The molecular weight excluding hydrogens is 458 g/mol. The van der Waals surface area contributed by atoms with Gasteiger partial charge in [0.15, 0.2) is 0 Å². The number of fused-ring (bicyclic) bond motifs is 1. The maximum Gasteiger partial charge on any atom is 0.256 e. The van der Waals surface area contributed by atoms with Gasteiger partial charge in [0.1, 0.15) is 4.21 Å². The number of sulfonamides is 1. The zero-order chi connectivity index (χ0) is 23.2. The Hall–Kier alpha value is -2.75. The van der Waals surface area contributed by atoms with Crippen molar-refractivity contribution in [2.75, 3.05) is 31.5 Å². The van der Waals surface area contributed by atoms with Crippen molar-refractivity contribution < 1.29 is 18.0 Å². The molecule has 3 aromatic rings. The molecule has 2 aliphatic rings. The molecule has 1 aromatic heterocycles. The van der Waals surface area contributed by atoms with E-state index in [1.165, 1.54) is 15.6 Å². The second-order valence-corrected chi connectivity index (χ2v) is 12.0. The molecule has 0 bridgehead atoms. The average Bonchev–Trinajstić information content (AvgIpc) is 3.58. The van der Waals surface area contributed by atoms with Gasteiger partial charge in [0.05, 0.1) is 11.3 Å². The van der Waals surface area contributed by atoms with Gasteiger partial charge in [-0.3, -0.25) is 9.59 Å². The van der Waals surface area contributed by atoms with Crippen LogP contribution in [0.15, 0.2) is 52.7 Å². The number of thiophene rings is 1. The van der Waals surface area contributed by atoms with E-state index >= 15 is 0 Å². The zero-order valence-electron chi connectivity index (χ0n) is 18.3. The molecule has 0 radical (unpaired) electrons. The Balaban J connectivity index is 1.37. The quantitative estimate of drug-likeness (QED) is 0.600. The van der Waals surface area contributed by atoms with Crippen LogP contribution in [0.5, 0.6) is 0 Å². The van der Waals surface area contributed by atoms with E-state index in [1.54, 1.807) is 17.0 Å². The third-order valence-corrected chi connectivity index (χ3v) is 9.52. The first kappa shape index (κ1) is 22.1. The number of aryl methyl sites for hydroxylation is 1. The van der Waals surface area contributed by atoms with E-state index in [0.29, 0.717) is 28.5 Å². The molecule has 1 saturated heterocycles. The molecular formula is C24H25N3O4S2. The van der Waals surface area contributed by atoms with E-state index in [9.17, 15) is 18.0 Å². The molecule has 33 heavy (non-hydrogen) atoms. The smallest absolute Gasteiger partial charge is 0.256 e. The highest BCUT2D eigenvalue weighted by molar-refractivity contribution is 7.91. The molecule has 1 aliphatic heterocycles. The second-order valence-electron chi connectivity index (χ2n) is 8.57. The van der Waals surface area contributed by atoms with Crippen LogP contribution in [0.4, 0.5) is 5.69 Å². The Morgan fingerprint density at radius 2 is 1.64 bits per heavy atom. The monoisotopic (exact) mass is 483 g/mol. The summed E-state index contributed by atoms with van der Waals surface area (Å²) in [5.74, 6) is -0.230. The van der Waals surface area contributed by atoms with Gasteiger partial charge < -0.3 is 10.2 Å². The third kappa shape index (κ3) is 4.40. The summed E-state index contributed by atoms with van der Waals surface area (Å²) in [5.41, 5.74) is 0.951. The molecule has 2 heterocycles. The molecule has 1 saturated carbocycles. The molecule has 2 amide bonds. The van der Waals surface area contributed by atoms with Crippen molar-refractivity contribution in [1.82, 2.24) is 9.21 Å². The highest BCUT2D eigenvalue weighted by Crippen LogP contribution is 2.32. The largest absolute Gasteiger partial charge is 0.336 e. The van der Waals surface area contributed by atoms with Crippen LogP contribution in [0.25, 0.3) is 10.8 Å². The van der Waals surface area contributed by atoms with Gasteiger partial charge in [-0.05, 0) is 54.8 Å². The highest BCUT2D eigenvalue weighted by Gasteiger charge is 2.33. The SMILES string of the molecule is Cc1ccc(S(=O)(=O)N2CCN(C(=O)c3cc4ccccc4cc3NC(=O)C3CC3)CC2)s1. The van der Waals surface area contributed by atoms with Crippen LogP contribution in [-0.2, 0) is 14.8 Å². The second kappa shape index (κ2) is 8.55. The van der Waals surface area contributed by atoms with E-state index in [1.807, 2.05) is 43.3 Å². The predicted molar refractivity (Wildman–Crippen MR) is 129 cm³/mol. The molecule has 0 atom stereocenters. The van der Waals surface area contributed by atoms with Gasteiger partial charge in [-0.15, -0.1) is 11.3 Å². The molecule has 9 heteroatoms. The standard InChI is InChI=1S/C24H25N3O4S2/c1-16-6-9-22(32-16)33(30,31)27-12-10-26(11-13-27)24(29)20-14-18-4-2-3-5-19(18)15-21(20)25-23(28)17-7-8-17/h2-6,9,14-15,17H,7-8,10-13H2,1H3,(H,25,28). The molecule has 7 nitrogen and oxygen atoms in total. The predicted octanol–water partition coefficient (Wildman–Crippen LogP) is 3.70. The third-order valence-electron chi connectivity index (χ3n) is 6.16.